The van der Waals surface area contributed by atoms with Gasteiger partial charge in [-0.05, 0) is 44.2 Å². The number of nitrogens with one attached hydrogen (secondary N) is 1. The van der Waals surface area contributed by atoms with Crippen molar-refractivity contribution in [3.8, 4) is 0 Å². The lowest BCUT2D eigenvalue weighted by Crippen LogP contribution is -2.53. The first-order valence-corrected chi connectivity index (χ1v) is 6.49. The van der Waals surface area contributed by atoms with E-state index >= 15 is 0 Å². The fraction of sp³-hybridized carbons (Fsp3) is 0.769. The van der Waals surface area contributed by atoms with Crippen molar-refractivity contribution in [2.24, 2.45) is 17.8 Å². The Balaban J connectivity index is 1.66. The van der Waals surface area contributed by atoms with Crippen LogP contribution >= 0.6 is 0 Å². The maximum absolute atomic E-state index is 12.3. The number of amides is 1. The van der Waals surface area contributed by atoms with Crippen molar-refractivity contribution in [2.75, 3.05) is 26.2 Å². The highest BCUT2D eigenvalue weighted by molar-refractivity contribution is 5.81. The molecule has 0 aromatic heterocycles. The van der Waals surface area contributed by atoms with Crippen LogP contribution in [0.4, 0.5) is 0 Å². The standard InChI is InChI=1S/C13H20N2O/c16-13(12-3-1-2-4-12)15-8-10-5-11(9-15)7-14-6-10/h1,3,10-12,14H,2,4-9H2. The number of fused-ring (bicyclic) bond motifs is 2. The maximum atomic E-state index is 12.3. The van der Waals surface area contributed by atoms with Crippen LogP contribution in [0.25, 0.3) is 0 Å². The number of hydrogen-bond acceptors (Lipinski definition) is 2. The Morgan fingerprint density at radius 3 is 2.62 bits per heavy atom. The van der Waals surface area contributed by atoms with Crippen molar-refractivity contribution in [3.63, 3.8) is 0 Å². The minimum Gasteiger partial charge on any atom is -0.342 e. The highest BCUT2D eigenvalue weighted by Gasteiger charge is 2.34. The molecule has 1 N–H and O–H groups in total. The molecule has 0 radical (unpaired) electrons. The maximum Gasteiger partial charge on any atom is 0.229 e. The van der Waals surface area contributed by atoms with E-state index in [1.807, 2.05) is 0 Å². The molecule has 16 heavy (non-hydrogen) atoms. The third kappa shape index (κ3) is 1.88. The van der Waals surface area contributed by atoms with Gasteiger partial charge in [0, 0.05) is 13.1 Å². The van der Waals surface area contributed by atoms with Gasteiger partial charge in [-0.1, -0.05) is 12.2 Å². The molecule has 2 saturated heterocycles. The molecular formula is C13H20N2O. The molecule has 3 atom stereocenters. The molecule has 0 spiro atoms. The topological polar surface area (TPSA) is 32.3 Å². The van der Waals surface area contributed by atoms with E-state index in [0.717, 1.165) is 39.0 Å². The number of likely N-dealkylation sites (tertiary alicyclic amines) is 1. The molecule has 2 bridgehead atoms. The average molecular weight is 220 g/mol. The molecule has 3 heteroatoms. The van der Waals surface area contributed by atoms with Crippen molar-refractivity contribution < 1.29 is 4.79 Å². The van der Waals surface area contributed by atoms with E-state index < -0.39 is 0 Å². The van der Waals surface area contributed by atoms with Crippen LogP contribution in [0.5, 0.6) is 0 Å². The molecule has 0 aromatic carbocycles. The summed E-state index contributed by atoms with van der Waals surface area (Å²) in [5.41, 5.74) is 0. The van der Waals surface area contributed by atoms with Crippen molar-refractivity contribution in [1.82, 2.24) is 10.2 Å². The van der Waals surface area contributed by atoms with Crippen LogP contribution in [0.1, 0.15) is 19.3 Å². The number of allylic oxidation sites excluding steroid dienone is 1. The molecule has 1 aliphatic carbocycles. The van der Waals surface area contributed by atoms with E-state index in [1.165, 1.54) is 6.42 Å². The predicted molar refractivity (Wildman–Crippen MR) is 62.9 cm³/mol. The number of nitrogens with zero attached hydrogens (tertiary/aromatic N) is 1. The van der Waals surface area contributed by atoms with Gasteiger partial charge in [-0.3, -0.25) is 4.79 Å². The highest BCUT2D eigenvalue weighted by atomic mass is 16.2. The number of piperidine rings is 2. The second kappa shape index (κ2) is 4.21. The molecule has 88 valence electrons. The summed E-state index contributed by atoms with van der Waals surface area (Å²) in [6.07, 6.45) is 7.68. The van der Waals surface area contributed by atoms with E-state index in [4.69, 9.17) is 0 Å². The van der Waals surface area contributed by atoms with Crippen molar-refractivity contribution in [3.05, 3.63) is 12.2 Å². The van der Waals surface area contributed by atoms with Crippen LogP contribution in [0, 0.1) is 17.8 Å². The van der Waals surface area contributed by atoms with Gasteiger partial charge in [0.05, 0.1) is 5.92 Å². The Kier molecular flexibility index (Phi) is 2.72. The van der Waals surface area contributed by atoms with E-state index in [0.29, 0.717) is 17.7 Å². The van der Waals surface area contributed by atoms with Gasteiger partial charge in [-0.25, -0.2) is 0 Å². The third-order valence-electron chi connectivity index (χ3n) is 4.13. The second-order valence-corrected chi connectivity index (χ2v) is 5.48. The van der Waals surface area contributed by atoms with Crippen LogP contribution in [-0.4, -0.2) is 37.0 Å². The molecule has 3 nitrogen and oxygen atoms in total. The van der Waals surface area contributed by atoms with Gasteiger partial charge in [0.1, 0.15) is 0 Å². The third-order valence-corrected chi connectivity index (χ3v) is 4.13. The Morgan fingerprint density at radius 1 is 1.25 bits per heavy atom. The summed E-state index contributed by atoms with van der Waals surface area (Å²) >= 11 is 0. The number of carbonyl (C=O) groups excluding carboxylic acids is 1. The van der Waals surface area contributed by atoms with Crippen molar-refractivity contribution in [1.29, 1.82) is 0 Å². The molecule has 0 saturated carbocycles. The van der Waals surface area contributed by atoms with Crippen molar-refractivity contribution >= 4 is 5.91 Å². The second-order valence-electron chi connectivity index (χ2n) is 5.48. The Hall–Kier alpha value is -0.830. The lowest BCUT2D eigenvalue weighted by molar-refractivity contribution is -0.137. The summed E-state index contributed by atoms with van der Waals surface area (Å²) in [5.74, 6) is 1.96. The van der Waals surface area contributed by atoms with E-state index in [2.05, 4.69) is 22.4 Å². The summed E-state index contributed by atoms with van der Waals surface area (Å²) in [6, 6.07) is 0. The number of carbonyl (C=O) groups is 1. The van der Waals surface area contributed by atoms with Gasteiger partial charge in [0.15, 0.2) is 0 Å². The molecule has 3 aliphatic rings. The fourth-order valence-corrected chi connectivity index (χ4v) is 3.36. The fourth-order valence-electron chi connectivity index (χ4n) is 3.36. The summed E-state index contributed by atoms with van der Waals surface area (Å²) in [4.78, 5) is 14.4. The first-order chi connectivity index (χ1) is 7.83. The molecule has 0 aromatic rings. The van der Waals surface area contributed by atoms with E-state index in [9.17, 15) is 4.79 Å². The number of rotatable bonds is 1. The van der Waals surface area contributed by atoms with Gasteiger partial charge < -0.3 is 10.2 Å². The smallest absolute Gasteiger partial charge is 0.229 e. The predicted octanol–water partition coefficient (Wildman–Crippen LogP) is 1.02. The van der Waals surface area contributed by atoms with Gasteiger partial charge in [-0.15, -0.1) is 0 Å². The first-order valence-electron chi connectivity index (χ1n) is 6.49. The molecule has 3 unspecified atom stereocenters. The van der Waals surface area contributed by atoms with E-state index in [1.54, 1.807) is 0 Å². The summed E-state index contributed by atoms with van der Waals surface area (Å²) in [7, 11) is 0. The van der Waals surface area contributed by atoms with Crippen molar-refractivity contribution in [2.45, 2.75) is 19.3 Å². The molecule has 2 heterocycles. The lowest BCUT2D eigenvalue weighted by atomic mass is 9.85. The molecule has 2 fully saturated rings. The molecular weight excluding hydrogens is 200 g/mol. The Morgan fingerprint density at radius 2 is 2.00 bits per heavy atom. The Labute approximate surface area is 96.9 Å². The molecule has 1 amide bonds. The summed E-state index contributed by atoms with van der Waals surface area (Å²) in [5, 5.41) is 3.46. The first kappa shape index (κ1) is 10.3. The zero-order valence-corrected chi connectivity index (χ0v) is 9.69. The van der Waals surface area contributed by atoms with Gasteiger partial charge in [-0.2, -0.15) is 0 Å². The normalized spacial score (nSPS) is 37.8. The summed E-state index contributed by atoms with van der Waals surface area (Å²) in [6.45, 7) is 4.15. The van der Waals surface area contributed by atoms with Crippen LogP contribution < -0.4 is 5.32 Å². The monoisotopic (exact) mass is 220 g/mol. The Bertz CT molecular complexity index is 301. The largest absolute Gasteiger partial charge is 0.342 e. The zero-order valence-electron chi connectivity index (χ0n) is 9.69. The van der Waals surface area contributed by atoms with Gasteiger partial charge >= 0.3 is 0 Å². The van der Waals surface area contributed by atoms with Crippen LogP contribution in [0.15, 0.2) is 12.2 Å². The lowest BCUT2D eigenvalue weighted by Gasteiger charge is -2.42. The van der Waals surface area contributed by atoms with Gasteiger partial charge in [0.25, 0.3) is 0 Å². The molecule has 2 aliphatic heterocycles. The van der Waals surface area contributed by atoms with Crippen LogP contribution in [0.2, 0.25) is 0 Å². The quantitative estimate of drug-likeness (QED) is 0.669. The average Bonchev–Trinajstić information content (AvgIpc) is 2.81. The zero-order chi connectivity index (χ0) is 11.0. The highest BCUT2D eigenvalue weighted by Crippen LogP contribution is 2.27. The molecule has 3 rings (SSSR count). The van der Waals surface area contributed by atoms with Crippen LogP contribution in [0.3, 0.4) is 0 Å². The van der Waals surface area contributed by atoms with Gasteiger partial charge in [0.2, 0.25) is 5.91 Å². The van der Waals surface area contributed by atoms with Crippen LogP contribution in [-0.2, 0) is 4.79 Å². The SMILES string of the molecule is O=C(C1C=CCC1)N1CC2CNCC(C2)C1. The number of hydrogen-bond donors (Lipinski definition) is 1. The summed E-state index contributed by atoms with van der Waals surface area (Å²) < 4.78 is 0. The minimum atomic E-state index is 0.187. The van der Waals surface area contributed by atoms with E-state index in [-0.39, 0.29) is 5.92 Å². The minimum absolute atomic E-state index is 0.187.